The van der Waals surface area contributed by atoms with Crippen LogP contribution in [0.5, 0.6) is 0 Å². The van der Waals surface area contributed by atoms with Gasteiger partial charge in [0.1, 0.15) is 18.9 Å². The van der Waals surface area contributed by atoms with Crippen molar-refractivity contribution in [1.29, 1.82) is 0 Å². The number of unbranched alkanes of at least 4 members (excludes halogenated alkanes) is 1. The lowest BCUT2D eigenvalue weighted by atomic mass is 10.3. The molecule has 2 N–H and O–H groups in total. The molecule has 154 valence electrons. The minimum atomic E-state index is -0.477. The quantitative estimate of drug-likeness (QED) is 0.226. The largest absolute Gasteiger partial charge is 0.461 e. The fourth-order valence-corrected chi connectivity index (χ4v) is 1.20. The Morgan fingerprint density at radius 2 is 1.33 bits per heavy atom. The molecule has 0 bridgehead atoms. The van der Waals surface area contributed by atoms with Gasteiger partial charge in [-0.05, 0) is 20.3 Å². The molecule has 0 rings (SSSR count). The van der Waals surface area contributed by atoms with E-state index in [0.717, 1.165) is 12.8 Å². The van der Waals surface area contributed by atoms with Gasteiger partial charge in [-0.3, -0.25) is 0 Å². The first-order valence-corrected chi connectivity index (χ1v) is 8.53. The highest BCUT2D eigenvalue weighted by Crippen LogP contribution is 1.95. The Labute approximate surface area is 160 Å². The van der Waals surface area contributed by atoms with Gasteiger partial charge in [0.15, 0.2) is 0 Å². The van der Waals surface area contributed by atoms with E-state index in [2.05, 4.69) is 29.8 Å². The van der Waals surface area contributed by atoms with Crippen LogP contribution in [-0.2, 0) is 28.6 Å². The zero-order valence-electron chi connectivity index (χ0n) is 16.5. The summed E-state index contributed by atoms with van der Waals surface area (Å²) in [5, 5.41) is 10.9. The summed E-state index contributed by atoms with van der Waals surface area (Å²) in [4.78, 5) is 32.8. The number of aliphatic hydroxyl groups excluding tert-OH is 1. The predicted octanol–water partition coefficient (Wildman–Crippen LogP) is 1.65. The number of nitrogens with one attached hydrogen (secondary N) is 1. The molecule has 0 aliphatic rings. The van der Waals surface area contributed by atoms with Gasteiger partial charge < -0.3 is 24.6 Å². The maximum Gasteiger partial charge on any atom is 0.353 e. The zero-order chi connectivity index (χ0) is 21.2. The van der Waals surface area contributed by atoms with E-state index in [1.807, 2.05) is 6.92 Å². The van der Waals surface area contributed by atoms with Gasteiger partial charge in [-0.15, -0.1) is 0 Å². The number of esters is 3. The third kappa shape index (κ3) is 16.6. The van der Waals surface area contributed by atoms with E-state index in [-0.39, 0.29) is 25.5 Å². The van der Waals surface area contributed by atoms with Crippen molar-refractivity contribution in [3.05, 3.63) is 36.6 Å². The van der Waals surface area contributed by atoms with Crippen molar-refractivity contribution in [1.82, 2.24) is 5.32 Å². The first-order chi connectivity index (χ1) is 12.7. The molecule has 0 radical (unpaired) electrons. The van der Waals surface area contributed by atoms with Crippen LogP contribution in [-0.4, -0.2) is 56.0 Å². The molecule has 0 aromatic rings. The monoisotopic (exact) mass is 385 g/mol. The summed E-state index contributed by atoms with van der Waals surface area (Å²) in [6.07, 6.45) is 1.79. The number of carbonyl (C=O) groups is 3. The van der Waals surface area contributed by atoms with Crippen LogP contribution in [0.1, 0.15) is 33.6 Å². The summed E-state index contributed by atoms with van der Waals surface area (Å²) in [5.74, 6) is -1.38. The summed E-state index contributed by atoms with van der Waals surface area (Å²) in [7, 11) is 0. The smallest absolute Gasteiger partial charge is 0.353 e. The third-order valence-electron chi connectivity index (χ3n) is 2.67. The molecule has 27 heavy (non-hydrogen) atoms. The van der Waals surface area contributed by atoms with E-state index in [1.165, 1.54) is 0 Å². The minimum Gasteiger partial charge on any atom is -0.461 e. The average Bonchev–Trinajstić information content (AvgIpc) is 2.63. The molecule has 0 heterocycles. The van der Waals surface area contributed by atoms with E-state index >= 15 is 0 Å². The Morgan fingerprint density at radius 3 is 1.78 bits per heavy atom. The van der Waals surface area contributed by atoms with E-state index in [4.69, 9.17) is 14.6 Å². The van der Waals surface area contributed by atoms with Gasteiger partial charge in [0.05, 0.1) is 13.2 Å². The van der Waals surface area contributed by atoms with Crippen molar-refractivity contribution in [2.24, 2.45) is 0 Å². The molecule has 0 fully saturated rings. The highest BCUT2D eigenvalue weighted by molar-refractivity contribution is 5.87. The lowest BCUT2D eigenvalue weighted by Crippen LogP contribution is -2.26. The van der Waals surface area contributed by atoms with Crippen molar-refractivity contribution in [3.8, 4) is 0 Å². The molecule has 0 aliphatic heterocycles. The second-order valence-electron chi connectivity index (χ2n) is 5.45. The maximum atomic E-state index is 11.3. The third-order valence-corrected chi connectivity index (χ3v) is 2.67. The molecule has 8 nitrogen and oxygen atoms in total. The average molecular weight is 385 g/mol. The Balaban J connectivity index is 0. The van der Waals surface area contributed by atoms with Crippen LogP contribution in [0.15, 0.2) is 36.6 Å². The van der Waals surface area contributed by atoms with Crippen LogP contribution in [0.3, 0.4) is 0 Å². The van der Waals surface area contributed by atoms with E-state index in [1.54, 1.807) is 13.8 Å². The van der Waals surface area contributed by atoms with Crippen LogP contribution in [0.4, 0.5) is 0 Å². The van der Waals surface area contributed by atoms with E-state index < -0.39 is 17.9 Å². The van der Waals surface area contributed by atoms with Crippen LogP contribution in [0.2, 0.25) is 0 Å². The van der Waals surface area contributed by atoms with Gasteiger partial charge in [-0.1, -0.05) is 33.1 Å². The van der Waals surface area contributed by atoms with Crippen molar-refractivity contribution in [2.75, 3.05) is 33.0 Å². The normalized spacial score (nSPS) is 9.19. The molecule has 8 heteroatoms. The van der Waals surface area contributed by atoms with Gasteiger partial charge >= 0.3 is 17.9 Å². The number of ether oxygens (including phenoxy) is 3. The molecule has 0 atom stereocenters. The first-order valence-electron chi connectivity index (χ1n) is 8.53. The van der Waals surface area contributed by atoms with E-state index in [9.17, 15) is 14.4 Å². The van der Waals surface area contributed by atoms with Gasteiger partial charge in [-0.2, -0.15) is 0 Å². The van der Waals surface area contributed by atoms with Crippen LogP contribution >= 0.6 is 0 Å². The van der Waals surface area contributed by atoms with Crippen LogP contribution in [0.25, 0.3) is 0 Å². The first kappa shape index (κ1) is 26.6. The molecule has 0 aliphatic carbocycles. The van der Waals surface area contributed by atoms with Gasteiger partial charge in [0.25, 0.3) is 0 Å². The molecule has 0 saturated heterocycles. The zero-order valence-corrected chi connectivity index (χ0v) is 16.5. The molecular formula is C19H31NO7. The predicted molar refractivity (Wildman–Crippen MR) is 102 cm³/mol. The SMILES string of the molecule is C=C(C)C(=O)OCCNC(=C)C(=O)OCCCC.C=C(C)C(=O)OCCO. The molecule has 0 amide bonds. The Hall–Kier alpha value is -2.61. The number of hydrogen-bond acceptors (Lipinski definition) is 8. The van der Waals surface area contributed by atoms with Gasteiger partial charge in [-0.25, -0.2) is 14.4 Å². The molecule has 0 spiro atoms. The van der Waals surface area contributed by atoms with Crippen molar-refractivity contribution in [3.63, 3.8) is 0 Å². The second kappa shape index (κ2) is 16.8. The molecule has 0 unspecified atom stereocenters. The summed E-state index contributed by atoms with van der Waals surface area (Å²) >= 11 is 0. The standard InChI is InChI=1S/C13H21NO4.C6H10O3/c1-5-6-8-17-13(16)11(4)14-7-9-18-12(15)10(2)3;1-5(2)6(8)9-4-3-7/h14H,2,4-9H2,1,3H3;7H,1,3-4H2,2H3. The van der Waals surface area contributed by atoms with Gasteiger partial charge in [0.2, 0.25) is 0 Å². The number of rotatable bonds is 12. The molecule has 0 saturated carbocycles. The second-order valence-corrected chi connectivity index (χ2v) is 5.45. The topological polar surface area (TPSA) is 111 Å². The Kier molecular flexibility index (Phi) is 16.6. The fraction of sp³-hybridized carbons (Fsp3) is 0.526. The summed E-state index contributed by atoms with van der Waals surface area (Å²) < 4.78 is 14.2. The van der Waals surface area contributed by atoms with Gasteiger partial charge in [0, 0.05) is 17.7 Å². The summed E-state index contributed by atoms with van der Waals surface area (Å²) in [6.45, 7) is 16.2. The Morgan fingerprint density at radius 1 is 0.852 bits per heavy atom. The highest BCUT2D eigenvalue weighted by Gasteiger charge is 2.08. The fourth-order valence-electron chi connectivity index (χ4n) is 1.20. The number of aliphatic hydroxyl groups is 1. The molecule has 0 aromatic carbocycles. The summed E-state index contributed by atoms with van der Waals surface area (Å²) in [5.41, 5.74) is 0.855. The maximum absolute atomic E-state index is 11.3. The Bertz CT molecular complexity index is 526. The molecule has 0 aromatic heterocycles. The van der Waals surface area contributed by atoms with Crippen molar-refractivity contribution < 1.29 is 33.7 Å². The number of carbonyl (C=O) groups excluding carboxylic acids is 3. The number of hydrogen-bond donors (Lipinski definition) is 2. The minimum absolute atomic E-state index is 0.0473. The summed E-state index contributed by atoms with van der Waals surface area (Å²) in [6, 6.07) is 0. The van der Waals surface area contributed by atoms with Crippen molar-refractivity contribution >= 4 is 17.9 Å². The lowest BCUT2D eigenvalue weighted by Gasteiger charge is -2.09. The van der Waals surface area contributed by atoms with Crippen LogP contribution in [0, 0.1) is 0 Å². The molecular weight excluding hydrogens is 354 g/mol. The van der Waals surface area contributed by atoms with Crippen molar-refractivity contribution in [2.45, 2.75) is 33.6 Å². The van der Waals surface area contributed by atoms with E-state index in [0.29, 0.717) is 24.3 Å². The lowest BCUT2D eigenvalue weighted by molar-refractivity contribution is -0.140. The van der Waals surface area contributed by atoms with Crippen LogP contribution < -0.4 is 5.32 Å². The highest BCUT2D eigenvalue weighted by atomic mass is 16.5.